The Morgan fingerprint density at radius 1 is 1.50 bits per heavy atom. The van der Waals surface area contributed by atoms with Gasteiger partial charge in [-0.15, -0.1) is 0 Å². The second kappa shape index (κ2) is 3.60. The van der Waals surface area contributed by atoms with Crippen molar-refractivity contribution < 1.29 is 14.7 Å². The van der Waals surface area contributed by atoms with Crippen molar-refractivity contribution in [1.82, 2.24) is 5.32 Å². The van der Waals surface area contributed by atoms with Gasteiger partial charge in [0.15, 0.2) is 0 Å². The van der Waals surface area contributed by atoms with Crippen LogP contribution in [0.15, 0.2) is 41.1 Å². The number of rotatable bonds is 2. The van der Waals surface area contributed by atoms with Gasteiger partial charge < -0.3 is 15.3 Å². The van der Waals surface area contributed by atoms with Crippen molar-refractivity contribution in [3.05, 3.63) is 41.5 Å². The number of benzene rings is 1. The van der Waals surface area contributed by atoms with E-state index in [4.69, 9.17) is 9.94 Å². The Hall–Kier alpha value is -2.30. The second-order valence-electron chi connectivity index (χ2n) is 4.20. The summed E-state index contributed by atoms with van der Waals surface area (Å²) in [5.74, 6) is 0.324. The smallest absolute Gasteiger partial charge is 0.273 e. The van der Waals surface area contributed by atoms with Crippen LogP contribution in [0.25, 0.3) is 0 Å². The number of para-hydroxylation sites is 1. The fourth-order valence-corrected chi connectivity index (χ4v) is 2.20. The van der Waals surface area contributed by atoms with E-state index in [1.807, 2.05) is 19.1 Å². The minimum absolute atomic E-state index is 0.226. The van der Waals surface area contributed by atoms with Gasteiger partial charge >= 0.3 is 0 Å². The first-order valence-corrected chi connectivity index (χ1v) is 5.75. The highest BCUT2D eigenvalue weighted by atomic mass is 16.5. The first-order valence-electron chi connectivity index (χ1n) is 5.75. The molecule has 18 heavy (non-hydrogen) atoms. The van der Waals surface area contributed by atoms with Crippen LogP contribution in [-0.4, -0.2) is 29.0 Å². The maximum absolute atomic E-state index is 12.0. The van der Waals surface area contributed by atoms with Crippen LogP contribution in [0, 0.1) is 0 Å². The molecule has 0 aromatic heterocycles. The van der Waals surface area contributed by atoms with Crippen LogP contribution in [0.1, 0.15) is 12.5 Å². The summed E-state index contributed by atoms with van der Waals surface area (Å²) >= 11 is 0. The molecule has 0 fully saturated rings. The maximum atomic E-state index is 12.0. The molecule has 0 radical (unpaired) electrons. The molecule has 0 saturated heterocycles. The highest BCUT2D eigenvalue weighted by molar-refractivity contribution is 6.25. The summed E-state index contributed by atoms with van der Waals surface area (Å²) in [6.45, 7) is 2.37. The number of oxime groups is 1. The molecule has 0 spiro atoms. The van der Waals surface area contributed by atoms with Crippen LogP contribution in [0.2, 0.25) is 0 Å². The summed E-state index contributed by atoms with van der Waals surface area (Å²) in [4.78, 5) is 12.0. The van der Waals surface area contributed by atoms with Crippen LogP contribution in [0.4, 0.5) is 0 Å². The minimum atomic E-state index is -1.08. The largest absolute Gasteiger partial charge is 0.468 e. The summed E-state index contributed by atoms with van der Waals surface area (Å²) in [5.41, 5.74) is 0.646. The second-order valence-corrected chi connectivity index (χ2v) is 4.20. The molecule has 2 N–H and O–H groups in total. The van der Waals surface area contributed by atoms with Gasteiger partial charge in [-0.05, 0) is 25.1 Å². The molecule has 1 unspecified atom stereocenters. The number of hydrogen-bond donors (Lipinski definition) is 2. The number of ether oxygens (including phenoxy) is 1. The molecular weight excluding hydrogens is 232 g/mol. The molecule has 3 rings (SSSR count). The molecule has 92 valence electrons. The lowest BCUT2D eigenvalue weighted by molar-refractivity contribution is -0.128. The lowest BCUT2D eigenvalue weighted by atomic mass is 9.99. The highest BCUT2D eigenvalue weighted by Crippen LogP contribution is 2.47. The van der Waals surface area contributed by atoms with Gasteiger partial charge in [-0.2, -0.15) is 0 Å². The van der Waals surface area contributed by atoms with Crippen molar-refractivity contribution in [3.63, 3.8) is 0 Å². The van der Waals surface area contributed by atoms with Gasteiger partial charge in [0.1, 0.15) is 11.5 Å². The van der Waals surface area contributed by atoms with Gasteiger partial charge in [0.2, 0.25) is 5.60 Å². The van der Waals surface area contributed by atoms with Crippen molar-refractivity contribution in [2.45, 2.75) is 12.5 Å². The fourth-order valence-electron chi connectivity index (χ4n) is 2.20. The Morgan fingerprint density at radius 3 is 3.00 bits per heavy atom. The van der Waals surface area contributed by atoms with Crippen LogP contribution in [0.3, 0.4) is 0 Å². The SMILES string of the molecule is CCNC(=O)C12C=C1C(=NO)c1ccccc1O2. The zero-order chi connectivity index (χ0) is 12.8. The van der Waals surface area contributed by atoms with Crippen LogP contribution in [0.5, 0.6) is 5.75 Å². The standard InChI is InChI=1S/C13H12N2O3/c1-2-14-12(16)13-7-9(13)11(15-17)8-5-3-4-6-10(8)18-13/h3-7,17H,2H2,1H3,(H,14,16). The Kier molecular flexibility index (Phi) is 2.16. The number of carbonyl (C=O) groups is 1. The van der Waals surface area contributed by atoms with Gasteiger partial charge in [-0.3, -0.25) is 4.79 Å². The molecule has 1 heterocycles. The van der Waals surface area contributed by atoms with E-state index in [1.54, 1.807) is 18.2 Å². The maximum Gasteiger partial charge on any atom is 0.273 e. The van der Waals surface area contributed by atoms with Crippen molar-refractivity contribution >= 4 is 11.6 Å². The number of nitrogens with zero attached hydrogens (tertiary/aromatic N) is 1. The number of fused-ring (bicyclic) bond motifs is 2. The predicted molar refractivity (Wildman–Crippen MR) is 64.9 cm³/mol. The van der Waals surface area contributed by atoms with Crippen molar-refractivity contribution in [1.29, 1.82) is 0 Å². The molecule has 5 nitrogen and oxygen atoms in total. The summed E-state index contributed by atoms with van der Waals surface area (Å²) in [6, 6.07) is 7.19. The lowest BCUT2D eigenvalue weighted by Crippen LogP contribution is -2.45. The predicted octanol–water partition coefficient (Wildman–Crippen LogP) is 1.07. The average Bonchev–Trinajstić information content (AvgIpc) is 3.11. The average molecular weight is 244 g/mol. The summed E-state index contributed by atoms with van der Waals surface area (Å²) in [7, 11) is 0. The van der Waals surface area contributed by atoms with Gasteiger partial charge in [-0.25, -0.2) is 0 Å². The number of carbonyl (C=O) groups excluding carboxylic acids is 1. The summed E-state index contributed by atoms with van der Waals surface area (Å²) in [5, 5.41) is 15.1. The first-order chi connectivity index (χ1) is 8.73. The quantitative estimate of drug-likeness (QED) is 0.604. The van der Waals surface area contributed by atoms with Gasteiger partial charge in [0, 0.05) is 17.7 Å². The third kappa shape index (κ3) is 1.27. The van der Waals surface area contributed by atoms with Crippen molar-refractivity contribution in [2.75, 3.05) is 6.54 Å². The molecule has 1 aliphatic heterocycles. The molecule has 2 aliphatic rings. The Morgan fingerprint density at radius 2 is 2.28 bits per heavy atom. The Labute approximate surface area is 104 Å². The van der Waals surface area contributed by atoms with Crippen LogP contribution < -0.4 is 10.1 Å². The molecule has 1 amide bonds. The highest BCUT2D eigenvalue weighted by Gasteiger charge is 2.59. The monoisotopic (exact) mass is 244 g/mol. The summed E-state index contributed by atoms with van der Waals surface area (Å²) < 4.78 is 5.74. The molecule has 0 bridgehead atoms. The normalized spacial score (nSPS) is 25.6. The van der Waals surface area contributed by atoms with E-state index in [0.717, 1.165) is 0 Å². The van der Waals surface area contributed by atoms with E-state index in [0.29, 0.717) is 29.1 Å². The molecular formula is C13H12N2O3. The molecule has 0 saturated carbocycles. The van der Waals surface area contributed by atoms with E-state index < -0.39 is 5.60 Å². The Bertz CT molecular complexity index is 592. The van der Waals surface area contributed by atoms with Gasteiger partial charge in [-0.1, -0.05) is 17.3 Å². The van der Waals surface area contributed by atoms with Gasteiger partial charge in [0.05, 0.1) is 0 Å². The number of amides is 1. The van der Waals surface area contributed by atoms with E-state index >= 15 is 0 Å². The molecule has 1 aliphatic carbocycles. The third-order valence-electron chi connectivity index (χ3n) is 3.11. The number of nitrogens with one attached hydrogen (secondary N) is 1. The Balaban J connectivity index is 2.03. The number of likely N-dealkylation sites (N-methyl/N-ethyl adjacent to an activating group) is 1. The van der Waals surface area contributed by atoms with E-state index in [9.17, 15) is 4.79 Å². The third-order valence-corrected chi connectivity index (χ3v) is 3.11. The molecule has 1 aromatic carbocycles. The zero-order valence-corrected chi connectivity index (χ0v) is 9.80. The van der Waals surface area contributed by atoms with Crippen molar-refractivity contribution in [3.8, 4) is 5.75 Å². The zero-order valence-electron chi connectivity index (χ0n) is 9.80. The van der Waals surface area contributed by atoms with E-state index in [2.05, 4.69) is 10.5 Å². The van der Waals surface area contributed by atoms with E-state index in [1.165, 1.54) is 0 Å². The number of hydrogen-bond acceptors (Lipinski definition) is 4. The molecule has 1 aromatic rings. The van der Waals surface area contributed by atoms with E-state index in [-0.39, 0.29) is 5.91 Å². The van der Waals surface area contributed by atoms with Crippen molar-refractivity contribution in [2.24, 2.45) is 5.16 Å². The molecule has 5 heteroatoms. The lowest BCUT2D eigenvalue weighted by Gasteiger charge is -2.26. The van der Waals surface area contributed by atoms with Crippen LogP contribution in [-0.2, 0) is 4.79 Å². The first kappa shape index (κ1) is 10.8. The summed E-state index contributed by atoms with van der Waals surface area (Å²) in [6.07, 6.45) is 1.67. The fraction of sp³-hybridized carbons (Fsp3) is 0.231. The molecule has 1 atom stereocenters. The minimum Gasteiger partial charge on any atom is -0.468 e. The van der Waals surface area contributed by atoms with Crippen LogP contribution >= 0.6 is 0 Å². The van der Waals surface area contributed by atoms with Gasteiger partial charge in [0.25, 0.3) is 5.91 Å². The topological polar surface area (TPSA) is 70.9 Å².